The van der Waals surface area contributed by atoms with Gasteiger partial charge in [0.15, 0.2) is 21.3 Å². The van der Waals surface area contributed by atoms with Crippen molar-refractivity contribution in [2.24, 2.45) is 0 Å². The fourth-order valence-corrected chi connectivity index (χ4v) is 4.08. The first kappa shape index (κ1) is 24.5. The average molecular weight is 511 g/mol. The van der Waals surface area contributed by atoms with Gasteiger partial charge in [0.25, 0.3) is 0 Å². The van der Waals surface area contributed by atoms with Crippen LogP contribution >= 0.6 is 0 Å². The van der Waals surface area contributed by atoms with Crippen LogP contribution in [0.3, 0.4) is 0 Å². The molecule has 0 saturated carbocycles. The van der Waals surface area contributed by atoms with E-state index in [1.165, 1.54) is 36.4 Å². The molecule has 5 nitrogen and oxygen atoms in total. The van der Waals surface area contributed by atoms with Gasteiger partial charge in [-0.05, 0) is 41.5 Å². The number of nitrogens with zero attached hydrogens (tertiary/aromatic N) is 3. The van der Waals surface area contributed by atoms with Crippen molar-refractivity contribution in [3.8, 4) is 28.2 Å². The summed E-state index contributed by atoms with van der Waals surface area (Å²) in [6, 6.07) is 14.3. The van der Waals surface area contributed by atoms with Crippen LogP contribution in [0.25, 0.3) is 28.2 Å². The van der Waals surface area contributed by atoms with Crippen LogP contribution in [0.1, 0.15) is 11.3 Å². The molecule has 35 heavy (non-hydrogen) atoms. The van der Waals surface area contributed by atoms with Crippen LogP contribution in [0, 0.1) is 0 Å². The quantitative estimate of drug-likeness (QED) is 0.313. The zero-order valence-corrected chi connectivity index (χ0v) is 18.6. The van der Waals surface area contributed by atoms with Crippen molar-refractivity contribution in [3.63, 3.8) is 0 Å². The van der Waals surface area contributed by atoms with E-state index in [0.29, 0.717) is 27.9 Å². The molecule has 2 aromatic heterocycles. The highest BCUT2D eigenvalue weighted by atomic mass is 32.2. The number of halogens is 6. The summed E-state index contributed by atoms with van der Waals surface area (Å²) in [5.74, 6) is -0.796. The molecule has 12 heteroatoms. The average Bonchev–Trinajstić information content (AvgIpc) is 3.24. The molecule has 4 aromatic rings. The molecule has 0 unspecified atom stereocenters. The Morgan fingerprint density at radius 2 is 1.43 bits per heavy atom. The summed E-state index contributed by atoms with van der Waals surface area (Å²) in [6.07, 6.45) is -7.69. The van der Waals surface area contributed by atoms with Crippen LogP contribution in [0.4, 0.5) is 26.3 Å². The molecule has 4 rings (SSSR count). The molecular weight excluding hydrogens is 496 g/mol. The van der Waals surface area contributed by atoms with Crippen molar-refractivity contribution in [3.05, 3.63) is 84.2 Å². The first-order valence-corrected chi connectivity index (χ1v) is 11.7. The first-order valence-electron chi connectivity index (χ1n) is 9.86. The summed E-state index contributed by atoms with van der Waals surface area (Å²) in [4.78, 5) is 3.74. The van der Waals surface area contributed by atoms with Gasteiger partial charge in [0.2, 0.25) is 0 Å². The first-order chi connectivity index (χ1) is 16.2. The maximum atomic E-state index is 13.5. The minimum atomic E-state index is -4.90. The smallest absolute Gasteiger partial charge is 0.237 e. The predicted octanol–water partition coefficient (Wildman–Crippen LogP) is 6.04. The molecule has 2 heterocycles. The normalized spacial score (nSPS) is 12.7. The highest BCUT2D eigenvalue weighted by Gasteiger charge is 2.38. The highest BCUT2D eigenvalue weighted by Crippen LogP contribution is 2.37. The monoisotopic (exact) mass is 511 g/mol. The van der Waals surface area contributed by atoms with E-state index in [0.717, 1.165) is 18.5 Å². The second-order valence-corrected chi connectivity index (χ2v) is 9.59. The van der Waals surface area contributed by atoms with Gasteiger partial charge in [-0.1, -0.05) is 36.4 Å². The standard InChI is InChI=1S/C23H15F6N3O2S/c1-35(33,34)17-5-2-4-16(12-17)14-7-9-15(10-8-14)19-13-20(23(27,28)29)31-32(19)21-18(22(24,25)26)6-3-11-30-21/h2-13H,1H3. The number of pyridine rings is 1. The zero-order chi connectivity index (χ0) is 25.6. The summed E-state index contributed by atoms with van der Waals surface area (Å²) >= 11 is 0. The van der Waals surface area contributed by atoms with Crippen molar-refractivity contribution in [1.82, 2.24) is 14.8 Å². The van der Waals surface area contributed by atoms with Crippen LogP contribution in [0.2, 0.25) is 0 Å². The molecule has 0 radical (unpaired) electrons. The van der Waals surface area contributed by atoms with E-state index in [-0.39, 0.29) is 16.2 Å². The molecule has 182 valence electrons. The predicted molar refractivity (Wildman–Crippen MR) is 115 cm³/mol. The summed E-state index contributed by atoms with van der Waals surface area (Å²) < 4.78 is 105. The van der Waals surface area contributed by atoms with Gasteiger partial charge in [0, 0.05) is 18.0 Å². The van der Waals surface area contributed by atoms with Crippen molar-refractivity contribution in [2.45, 2.75) is 17.2 Å². The van der Waals surface area contributed by atoms with E-state index < -0.39 is 39.3 Å². The Labute approximate surface area is 195 Å². The second-order valence-electron chi connectivity index (χ2n) is 7.57. The van der Waals surface area contributed by atoms with E-state index in [9.17, 15) is 34.8 Å². The number of hydrogen-bond acceptors (Lipinski definition) is 4. The van der Waals surface area contributed by atoms with E-state index in [2.05, 4.69) is 10.1 Å². The third kappa shape index (κ3) is 5.06. The Morgan fingerprint density at radius 1 is 0.771 bits per heavy atom. The number of alkyl halides is 6. The SMILES string of the molecule is CS(=O)(=O)c1cccc(-c2ccc(-c3cc(C(F)(F)F)nn3-c3ncccc3C(F)(F)F)cc2)c1. The van der Waals surface area contributed by atoms with E-state index in [1.807, 2.05) is 0 Å². The van der Waals surface area contributed by atoms with E-state index in [1.54, 1.807) is 12.1 Å². The lowest BCUT2D eigenvalue weighted by Crippen LogP contribution is -2.14. The van der Waals surface area contributed by atoms with Crippen molar-refractivity contribution in [2.75, 3.05) is 6.26 Å². The lowest BCUT2D eigenvalue weighted by molar-refractivity contribution is -0.141. The maximum Gasteiger partial charge on any atom is 0.435 e. The second kappa shape index (κ2) is 8.52. The summed E-state index contributed by atoms with van der Waals surface area (Å²) in [5.41, 5.74) is -1.64. The molecule has 0 amide bonds. The Hall–Kier alpha value is -3.67. The van der Waals surface area contributed by atoms with Crippen LogP contribution < -0.4 is 0 Å². The van der Waals surface area contributed by atoms with Gasteiger partial charge in [0.05, 0.1) is 10.6 Å². The molecule has 0 bridgehead atoms. The molecule has 0 aliphatic rings. The third-order valence-electron chi connectivity index (χ3n) is 5.07. The number of hydrogen-bond donors (Lipinski definition) is 0. The Bertz CT molecular complexity index is 1490. The summed E-state index contributed by atoms with van der Waals surface area (Å²) in [5, 5.41) is 3.38. The third-order valence-corrected chi connectivity index (χ3v) is 6.18. The maximum absolute atomic E-state index is 13.5. The lowest BCUT2D eigenvalue weighted by atomic mass is 10.0. The summed E-state index contributed by atoms with van der Waals surface area (Å²) in [6.45, 7) is 0. The largest absolute Gasteiger partial charge is 0.435 e. The van der Waals surface area contributed by atoms with Gasteiger partial charge < -0.3 is 0 Å². The van der Waals surface area contributed by atoms with Crippen molar-refractivity contribution >= 4 is 9.84 Å². The molecule has 0 aliphatic heterocycles. The Kier molecular flexibility index (Phi) is 5.95. The van der Waals surface area contributed by atoms with Gasteiger partial charge in [-0.15, -0.1) is 0 Å². The fraction of sp³-hybridized carbons (Fsp3) is 0.130. The Balaban J connectivity index is 1.84. The van der Waals surface area contributed by atoms with Gasteiger partial charge in [-0.3, -0.25) is 0 Å². The molecule has 0 aliphatic carbocycles. The highest BCUT2D eigenvalue weighted by molar-refractivity contribution is 7.90. The molecule has 0 fully saturated rings. The number of rotatable bonds is 4. The molecular formula is C23H15F6N3O2S. The van der Waals surface area contributed by atoms with Crippen LogP contribution in [0.15, 0.2) is 77.8 Å². The van der Waals surface area contributed by atoms with Gasteiger partial charge in [-0.2, -0.15) is 31.4 Å². The molecule has 0 spiro atoms. The minimum Gasteiger partial charge on any atom is -0.237 e. The van der Waals surface area contributed by atoms with E-state index >= 15 is 0 Å². The van der Waals surface area contributed by atoms with Gasteiger partial charge >= 0.3 is 12.4 Å². The van der Waals surface area contributed by atoms with Crippen molar-refractivity contribution in [1.29, 1.82) is 0 Å². The van der Waals surface area contributed by atoms with Gasteiger partial charge in [0.1, 0.15) is 5.56 Å². The fourth-order valence-electron chi connectivity index (χ4n) is 3.41. The molecule has 0 N–H and O–H groups in total. The number of sulfone groups is 1. The zero-order valence-electron chi connectivity index (χ0n) is 17.8. The van der Waals surface area contributed by atoms with Crippen LogP contribution in [-0.4, -0.2) is 29.4 Å². The van der Waals surface area contributed by atoms with E-state index in [4.69, 9.17) is 0 Å². The number of benzene rings is 2. The summed E-state index contributed by atoms with van der Waals surface area (Å²) in [7, 11) is -3.47. The molecule has 0 atom stereocenters. The van der Waals surface area contributed by atoms with Crippen molar-refractivity contribution < 1.29 is 34.8 Å². The van der Waals surface area contributed by atoms with Crippen LogP contribution in [0.5, 0.6) is 0 Å². The lowest BCUT2D eigenvalue weighted by Gasteiger charge is -2.14. The molecule has 0 saturated heterocycles. The number of aromatic nitrogens is 3. The van der Waals surface area contributed by atoms with Crippen LogP contribution in [-0.2, 0) is 22.2 Å². The Morgan fingerprint density at radius 3 is 2.03 bits per heavy atom. The minimum absolute atomic E-state index is 0.0850. The topological polar surface area (TPSA) is 64.8 Å². The van der Waals surface area contributed by atoms with Gasteiger partial charge in [-0.25, -0.2) is 18.1 Å². The molecule has 2 aromatic carbocycles.